The number of aryl methyl sites for hydroxylation is 2. The van der Waals surface area contributed by atoms with Crippen molar-refractivity contribution in [3.63, 3.8) is 0 Å². The molecule has 0 unspecified atom stereocenters. The number of thiocarbonyl (C=S) groups is 1. The summed E-state index contributed by atoms with van der Waals surface area (Å²) in [5, 5.41) is 7.25. The van der Waals surface area contributed by atoms with Gasteiger partial charge in [-0.15, -0.1) is 0 Å². The van der Waals surface area contributed by atoms with E-state index in [1.54, 1.807) is 4.68 Å². The van der Waals surface area contributed by atoms with Gasteiger partial charge in [0.25, 0.3) is 0 Å². The molecule has 0 radical (unpaired) electrons. The quantitative estimate of drug-likeness (QED) is 0.827. The van der Waals surface area contributed by atoms with Crippen LogP contribution in [0.15, 0.2) is 6.20 Å². The summed E-state index contributed by atoms with van der Waals surface area (Å²) in [6.45, 7) is 2.41. The summed E-state index contributed by atoms with van der Waals surface area (Å²) >= 11 is 5.17. The highest BCUT2D eigenvalue weighted by molar-refractivity contribution is 7.80. The largest absolute Gasteiger partial charge is 0.392 e. The van der Waals surface area contributed by atoms with Gasteiger partial charge in [-0.3, -0.25) is 9.48 Å². The van der Waals surface area contributed by atoms with Crippen LogP contribution in [0.1, 0.15) is 43.4 Å². The van der Waals surface area contributed by atoms with Crippen molar-refractivity contribution in [3.8, 4) is 0 Å². The smallest absolute Gasteiger partial charge is 0.233 e. The van der Waals surface area contributed by atoms with Crippen LogP contribution in [-0.2, 0) is 18.4 Å². The Bertz CT molecular complexity index is 517. The molecule has 0 spiro atoms. The number of nitrogens with one attached hydrogen (secondary N) is 1. The molecule has 1 aliphatic rings. The Balaban J connectivity index is 2.06. The average Bonchev–Trinajstić information content (AvgIpc) is 2.74. The third kappa shape index (κ3) is 2.85. The number of hydrogen-bond acceptors (Lipinski definition) is 3. The predicted octanol–water partition coefficient (Wildman–Crippen LogP) is 1.58. The first kappa shape index (κ1) is 15.0. The van der Waals surface area contributed by atoms with E-state index in [9.17, 15) is 4.79 Å². The summed E-state index contributed by atoms with van der Waals surface area (Å²) in [6, 6.07) is 0. The van der Waals surface area contributed by atoms with E-state index in [1.165, 1.54) is 0 Å². The van der Waals surface area contributed by atoms with Gasteiger partial charge in [-0.2, -0.15) is 5.10 Å². The maximum Gasteiger partial charge on any atom is 0.233 e. The standard InChI is InChI=1S/C14H22N4OS/c1-10-11(9-18(2)17-10)8-16-13(19)14(12(15)20)6-4-3-5-7-14/h9H,3-8H2,1-2H3,(H2,15,20)(H,16,19). The number of nitrogens with two attached hydrogens (primary N) is 1. The zero-order valence-electron chi connectivity index (χ0n) is 12.1. The highest BCUT2D eigenvalue weighted by Crippen LogP contribution is 2.37. The Hall–Kier alpha value is -1.43. The second kappa shape index (κ2) is 5.91. The summed E-state index contributed by atoms with van der Waals surface area (Å²) in [7, 11) is 1.87. The molecule has 0 aromatic carbocycles. The molecular weight excluding hydrogens is 272 g/mol. The molecule has 2 rings (SSSR count). The predicted molar refractivity (Wildman–Crippen MR) is 82.1 cm³/mol. The van der Waals surface area contributed by atoms with Crippen molar-refractivity contribution in [3.05, 3.63) is 17.5 Å². The summed E-state index contributed by atoms with van der Waals surface area (Å²) < 4.78 is 1.75. The fourth-order valence-corrected chi connectivity index (χ4v) is 3.20. The molecule has 0 saturated heterocycles. The van der Waals surface area contributed by atoms with Crippen LogP contribution in [0.25, 0.3) is 0 Å². The number of hydrogen-bond donors (Lipinski definition) is 2. The molecule has 6 heteroatoms. The van der Waals surface area contributed by atoms with Crippen molar-refractivity contribution in [2.24, 2.45) is 18.2 Å². The van der Waals surface area contributed by atoms with Crippen LogP contribution < -0.4 is 11.1 Å². The monoisotopic (exact) mass is 294 g/mol. The minimum Gasteiger partial charge on any atom is -0.392 e. The molecule has 0 bridgehead atoms. The molecule has 0 atom stereocenters. The Morgan fingerprint density at radius 1 is 1.50 bits per heavy atom. The van der Waals surface area contributed by atoms with Crippen LogP contribution in [0, 0.1) is 12.3 Å². The van der Waals surface area contributed by atoms with Gasteiger partial charge in [-0.05, 0) is 19.8 Å². The molecule has 1 aromatic rings. The Morgan fingerprint density at radius 3 is 2.65 bits per heavy atom. The third-order valence-electron chi connectivity index (χ3n) is 4.17. The lowest BCUT2D eigenvalue weighted by atomic mass is 9.73. The van der Waals surface area contributed by atoms with Gasteiger partial charge < -0.3 is 11.1 Å². The highest BCUT2D eigenvalue weighted by Gasteiger charge is 2.42. The van der Waals surface area contributed by atoms with E-state index in [4.69, 9.17) is 18.0 Å². The maximum atomic E-state index is 12.5. The van der Waals surface area contributed by atoms with Crippen LogP contribution in [0.3, 0.4) is 0 Å². The van der Waals surface area contributed by atoms with E-state index in [0.717, 1.165) is 43.4 Å². The van der Waals surface area contributed by atoms with E-state index >= 15 is 0 Å². The van der Waals surface area contributed by atoms with Crippen LogP contribution in [0.4, 0.5) is 0 Å². The van der Waals surface area contributed by atoms with Gasteiger partial charge in [0.15, 0.2) is 0 Å². The lowest BCUT2D eigenvalue weighted by Crippen LogP contribution is -2.49. The molecule has 110 valence electrons. The van der Waals surface area contributed by atoms with Crippen molar-refractivity contribution in [2.75, 3.05) is 0 Å². The fourth-order valence-electron chi connectivity index (χ4n) is 2.91. The molecule has 5 nitrogen and oxygen atoms in total. The molecular formula is C14H22N4OS. The molecule has 1 saturated carbocycles. The van der Waals surface area contributed by atoms with E-state index in [1.807, 2.05) is 20.2 Å². The fraction of sp³-hybridized carbons (Fsp3) is 0.643. The number of nitrogens with zero attached hydrogens (tertiary/aromatic N) is 2. The van der Waals surface area contributed by atoms with Gasteiger partial charge in [-0.25, -0.2) is 0 Å². The SMILES string of the molecule is Cc1nn(C)cc1CNC(=O)C1(C(N)=S)CCCCC1. The van der Waals surface area contributed by atoms with Crippen LogP contribution >= 0.6 is 12.2 Å². The number of amides is 1. The van der Waals surface area contributed by atoms with E-state index in [2.05, 4.69) is 10.4 Å². The Kier molecular flexibility index (Phi) is 4.42. The molecule has 1 amide bonds. The number of carbonyl (C=O) groups is 1. The zero-order chi connectivity index (χ0) is 14.8. The molecule has 1 aliphatic carbocycles. The Morgan fingerprint density at radius 2 is 2.15 bits per heavy atom. The van der Waals surface area contributed by atoms with Gasteiger partial charge in [-0.1, -0.05) is 31.5 Å². The molecule has 0 aliphatic heterocycles. The number of aromatic nitrogens is 2. The average molecular weight is 294 g/mol. The van der Waals surface area contributed by atoms with Crippen LogP contribution in [0.2, 0.25) is 0 Å². The van der Waals surface area contributed by atoms with E-state index in [-0.39, 0.29) is 5.91 Å². The summed E-state index contributed by atoms with van der Waals surface area (Å²) in [4.78, 5) is 12.9. The third-order valence-corrected chi connectivity index (χ3v) is 4.56. The first-order valence-corrected chi connectivity index (χ1v) is 7.44. The van der Waals surface area contributed by atoms with Crippen molar-refractivity contribution in [1.82, 2.24) is 15.1 Å². The van der Waals surface area contributed by atoms with Crippen molar-refractivity contribution < 1.29 is 4.79 Å². The van der Waals surface area contributed by atoms with Crippen molar-refractivity contribution >= 4 is 23.1 Å². The zero-order valence-corrected chi connectivity index (χ0v) is 12.9. The second-order valence-electron chi connectivity index (χ2n) is 5.60. The minimum atomic E-state index is -0.649. The topological polar surface area (TPSA) is 72.9 Å². The van der Waals surface area contributed by atoms with Crippen LogP contribution in [-0.4, -0.2) is 20.7 Å². The van der Waals surface area contributed by atoms with E-state index in [0.29, 0.717) is 11.5 Å². The summed E-state index contributed by atoms with van der Waals surface area (Å²) in [6.07, 6.45) is 6.62. The minimum absolute atomic E-state index is 0.0343. The highest BCUT2D eigenvalue weighted by atomic mass is 32.1. The molecule has 1 aromatic heterocycles. The maximum absolute atomic E-state index is 12.5. The van der Waals surface area contributed by atoms with E-state index < -0.39 is 5.41 Å². The van der Waals surface area contributed by atoms with Gasteiger partial charge in [0.1, 0.15) is 0 Å². The molecule has 20 heavy (non-hydrogen) atoms. The number of carbonyl (C=O) groups excluding carboxylic acids is 1. The first-order valence-electron chi connectivity index (χ1n) is 7.03. The van der Waals surface area contributed by atoms with Gasteiger partial charge in [0.05, 0.1) is 16.1 Å². The van der Waals surface area contributed by atoms with Gasteiger partial charge in [0, 0.05) is 25.4 Å². The lowest BCUT2D eigenvalue weighted by Gasteiger charge is -2.34. The molecule has 3 N–H and O–H groups in total. The molecule has 1 fully saturated rings. The van der Waals surface area contributed by atoms with Gasteiger partial charge in [0.2, 0.25) is 5.91 Å². The normalized spacial score (nSPS) is 17.7. The van der Waals surface area contributed by atoms with Crippen LogP contribution in [0.5, 0.6) is 0 Å². The van der Waals surface area contributed by atoms with Crippen molar-refractivity contribution in [2.45, 2.75) is 45.6 Å². The Labute approximate surface area is 124 Å². The second-order valence-corrected chi connectivity index (χ2v) is 6.04. The summed E-state index contributed by atoms with van der Waals surface area (Å²) in [5.74, 6) is -0.0343. The first-order chi connectivity index (χ1) is 9.45. The van der Waals surface area contributed by atoms with Crippen molar-refractivity contribution in [1.29, 1.82) is 0 Å². The summed E-state index contributed by atoms with van der Waals surface area (Å²) in [5.41, 5.74) is 7.17. The molecule has 1 heterocycles. The van der Waals surface area contributed by atoms with Gasteiger partial charge >= 0.3 is 0 Å². The number of rotatable bonds is 4. The lowest BCUT2D eigenvalue weighted by molar-refractivity contribution is -0.129.